The largest absolute Gasteiger partial charge is 0.478 e. The molecule has 0 radical (unpaired) electrons. The van der Waals surface area contributed by atoms with Gasteiger partial charge in [0, 0.05) is 12.1 Å². The fraction of sp³-hybridized carbons (Fsp3) is 0.500. The highest BCUT2D eigenvalue weighted by Crippen LogP contribution is 2.28. The van der Waals surface area contributed by atoms with E-state index in [0.717, 1.165) is 0 Å². The molecule has 0 aliphatic carbocycles. The standard InChI is InChI=1S/C16H24N2O6/c1-8-5-9(12(17)10(6-8)14(21)22)13(20)11(19)7-18-15(23)24-16(2,3)4/h5-6,11,13,19-20H,7,17H2,1-4H3,(H,18,23)(H,21,22). The summed E-state index contributed by atoms with van der Waals surface area (Å²) in [6.07, 6.45) is -3.58. The highest BCUT2D eigenvalue weighted by molar-refractivity contribution is 5.94. The summed E-state index contributed by atoms with van der Waals surface area (Å²) in [5.74, 6) is -1.23. The molecule has 0 aliphatic heterocycles. The van der Waals surface area contributed by atoms with Gasteiger partial charge in [0.05, 0.1) is 11.3 Å². The van der Waals surface area contributed by atoms with Crippen molar-refractivity contribution in [2.24, 2.45) is 0 Å². The number of amides is 1. The molecule has 8 nitrogen and oxygen atoms in total. The minimum atomic E-state index is -1.46. The van der Waals surface area contributed by atoms with Gasteiger partial charge in [-0.3, -0.25) is 0 Å². The number of aliphatic hydroxyl groups excluding tert-OH is 2. The number of carbonyl (C=O) groups excluding carboxylic acids is 1. The zero-order valence-corrected chi connectivity index (χ0v) is 14.2. The van der Waals surface area contributed by atoms with Gasteiger partial charge >= 0.3 is 12.1 Å². The first-order valence-electron chi connectivity index (χ1n) is 7.38. The van der Waals surface area contributed by atoms with Crippen LogP contribution < -0.4 is 11.1 Å². The van der Waals surface area contributed by atoms with Crippen molar-refractivity contribution in [3.63, 3.8) is 0 Å². The molecular formula is C16H24N2O6. The molecule has 1 amide bonds. The number of benzene rings is 1. The Morgan fingerprint density at radius 2 is 1.88 bits per heavy atom. The predicted molar refractivity (Wildman–Crippen MR) is 87.8 cm³/mol. The number of hydrogen-bond acceptors (Lipinski definition) is 6. The Kier molecular flexibility index (Phi) is 6.16. The van der Waals surface area contributed by atoms with Gasteiger partial charge in [0.25, 0.3) is 0 Å². The van der Waals surface area contributed by atoms with Crippen molar-refractivity contribution >= 4 is 17.7 Å². The van der Waals surface area contributed by atoms with Crippen LogP contribution in [0.25, 0.3) is 0 Å². The molecule has 2 atom stereocenters. The third-order valence-electron chi connectivity index (χ3n) is 3.12. The summed E-state index contributed by atoms with van der Waals surface area (Å²) >= 11 is 0. The summed E-state index contributed by atoms with van der Waals surface area (Å²) in [5.41, 5.74) is 5.45. The van der Waals surface area contributed by atoms with Gasteiger partial charge in [-0.2, -0.15) is 0 Å². The van der Waals surface area contributed by atoms with Gasteiger partial charge < -0.3 is 31.1 Å². The molecule has 0 heterocycles. The Morgan fingerprint density at radius 3 is 2.38 bits per heavy atom. The maximum absolute atomic E-state index is 11.6. The van der Waals surface area contributed by atoms with E-state index in [0.29, 0.717) is 5.56 Å². The smallest absolute Gasteiger partial charge is 0.407 e. The van der Waals surface area contributed by atoms with Crippen molar-refractivity contribution in [1.82, 2.24) is 5.32 Å². The molecule has 6 N–H and O–H groups in total. The zero-order chi connectivity index (χ0) is 18.7. The van der Waals surface area contributed by atoms with Crippen LogP contribution in [0.1, 0.15) is 48.4 Å². The molecule has 2 unspecified atom stereocenters. The van der Waals surface area contributed by atoms with Crippen molar-refractivity contribution in [3.05, 3.63) is 28.8 Å². The van der Waals surface area contributed by atoms with Crippen LogP contribution in [-0.2, 0) is 4.74 Å². The molecule has 24 heavy (non-hydrogen) atoms. The second-order valence-corrected chi connectivity index (χ2v) is 6.52. The highest BCUT2D eigenvalue weighted by Gasteiger charge is 2.25. The number of aryl methyl sites for hydroxylation is 1. The molecule has 0 saturated heterocycles. The number of nitrogens with two attached hydrogens (primary N) is 1. The van der Waals surface area contributed by atoms with Gasteiger partial charge in [0.1, 0.15) is 17.8 Å². The van der Waals surface area contributed by atoms with E-state index in [1.54, 1.807) is 27.7 Å². The first-order chi connectivity index (χ1) is 10.9. The predicted octanol–water partition coefficient (Wildman–Crippen LogP) is 1.19. The molecule has 8 heteroatoms. The second-order valence-electron chi connectivity index (χ2n) is 6.52. The van der Waals surface area contributed by atoms with Crippen LogP contribution >= 0.6 is 0 Å². The van der Waals surface area contributed by atoms with Crippen LogP contribution in [0.4, 0.5) is 10.5 Å². The number of nitrogen functional groups attached to an aromatic ring is 1. The van der Waals surface area contributed by atoms with E-state index in [-0.39, 0.29) is 23.4 Å². The van der Waals surface area contributed by atoms with E-state index >= 15 is 0 Å². The minimum absolute atomic E-state index is 0.0888. The molecule has 0 spiro atoms. The highest BCUT2D eigenvalue weighted by atomic mass is 16.6. The fourth-order valence-corrected chi connectivity index (χ4v) is 2.07. The van der Waals surface area contributed by atoms with Crippen molar-refractivity contribution < 1.29 is 29.6 Å². The van der Waals surface area contributed by atoms with Crippen LogP contribution in [0.3, 0.4) is 0 Å². The molecule has 0 saturated carbocycles. The van der Waals surface area contributed by atoms with Crippen molar-refractivity contribution in [3.8, 4) is 0 Å². The molecular weight excluding hydrogens is 316 g/mol. The average Bonchev–Trinajstić information content (AvgIpc) is 2.44. The van der Waals surface area contributed by atoms with Gasteiger partial charge in [0.2, 0.25) is 0 Å². The maximum atomic E-state index is 11.6. The third kappa shape index (κ3) is 5.39. The third-order valence-corrected chi connectivity index (χ3v) is 3.12. The number of rotatable bonds is 5. The first kappa shape index (κ1) is 19.7. The van der Waals surface area contributed by atoms with Crippen LogP contribution in [0.15, 0.2) is 12.1 Å². The molecule has 1 rings (SSSR count). The number of ether oxygens (including phenoxy) is 1. The zero-order valence-electron chi connectivity index (χ0n) is 14.2. The molecule has 0 aliphatic rings. The van der Waals surface area contributed by atoms with Crippen molar-refractivity contribution in [2.45, 2.75) is 45.5 Å². The van der Waals surface area contributed by atoms with Crippen LogP contribution in [0.5, 0.6) is 0 Å². The molecule has 1 aromatic carbocycles. The van der Waals surface area contributed by atoms with Gasteiger partial charge in [-0.1, -0.05) is 6.07 Å². The molecule has 0 aromatic heterocycles. The molecule has 0 bridgehead atoms. The Bertz CT molecular complexity index is 624. The lowest BCUT2D eigenvalue weighted by atomic mass is 9.96. The van der Waals surface area contributed by atoms with Gasteiger partial charge in [-0.25, -0.2) is 9.59 Å². The second kappa shape index (κ2) is 7.50. The van der Waals surface area contributed by atoms with Gasteiger partial charge in [0.15, 0.2) is 0 Å². The number of alkyl carbamates (subject to hydrolysis) is 1. The Labute approximate surface area is 140 Å². The maximum Gasteiger partial charge on any atom is 0.407 e. The Morgan fingerprint density at radius 1 is 1.29 bits per heavy atom. The van der Waals surface area contributed by atoms with E-state index in [9.17, 15) is 19.8 Å². The number of anilines is 1. The minimum Gasteiger partial charge on any atom is -0.478 e. The Hall–Kier alpha value is -2.32. The summed E-state index contributed by atoms with van der Waals surface area (Å²) in [7, 11) is 0. The fourth-order valence-electron chi connectivity index (χ4n) is 2.07. The summed E-state index contributed by atoms with van der Waals surface area (Å²) in [5, 5.41) is 31.7. The summed E-state index contributed by atoms with van der Waals surface area (Å²) in [4.78, 5) is 22.7. The quantitative estimate of drug-likeness (QED) is 0.507. The molecule has 134 valence electrons. The lowest BCUT2D eigenvalue weighted by molar-refractivity contribution is 0.0132. The van der Waals surface area contributed by atoms with E-state index in [1.165, 1.54) is 12.1 Å². The molecule has 0 fully saturated rings. The van der Waals surface area contributed by atoms with E-state index in [2.05, 4.69) is 5.32 Å². The van der Waals surface area contributed by atoms with Gasteiger partial charge in [-0.15, -0.1) is 0 Å². The first-order valence-corrected chi connectivity index (χ1v) is 7.38. The van der Waals surface area contributed by atoms with Crippen LogP contribution in [-0.4, -0.2) is 45.6 Å². The van der Waals surface area contributed by atoms with Gasteiger partial charge in [-0.05, 0) is 39.3 Å². The lowest BCUT2D eigenvalue weighted by Crippen LogP contribution is -2.39. The topological polar surface area (TPSA) is 142 Å². The Balaban J connectivity index is 2.85. The monoisotopic (exact) mass is 340 g/mol. The average molecular weight is 340 g/mol. The van der Waals surface area contributed by atoms with Crippen molar-refractivity contribution in [2.75, 3.05) is 12.3 Å². The van der Waals surface area contributed by atoms with Crippen molar-refractivity contribution in [1.29, 1.82) is 0 Å². The number of aromatic carboxylic acids is 1. The SMILES string of the molecule is Cc1cc(C(=O)O)c(N)c(C(O)C(O)CNC(=O)OC(C)(C)C)c1. The lowest BCUT2D eigenvalue weighted by Gasteiger charge is -2.23. The number of hydrogen-bond donors (Lipinski definition) is 5. The summed E-state index contributed by atoms with van der Waals surface area (Å²) < 4.78 is 5.02. The number of carboxylic acid groups (broad SMARTS) is 1. The summed E-state index contributed by atoms with van der Waals surface area (Å²) in [6.45, 7) is 6.44. The number of carbonyl (C=O) groups is 2. The number of carboxylic acids is 1. The number of nitrogens with one attached hydrogen (secondary N) is 1. The van der Waals surface area contributed by atoms with Crippen LogP contribution in [0, 0.1) is 6.92 Å². The van der Waals surface area contributed by atoms with E-state index in [4.69, 9.17) is 15.6 Å². The van der Waals surface area contributed by atoms with Crippen LogP contribution in [0.2, 0.25) is 0 Å². The normalized spacial score (nSPS) is 13.9. The van der Waals surface area contributed by atoms with E-state index < -0.39 is 29.9 Å². The summed E-state index contributed by atoms with van der Waals surface area (Å²) in [6, 6.07) is 2.86. The molecule has 1 aromatic rings. The number of aliphatic hydroxyl groups is 2. The van der Waals surface area contributed by atoms with E-state index in [1.807, 2.05) is 0 Å².